The second-order valence-electron chi connectivity index (χ2n) is 12.1. The lowest BCUT2D eigenvalue weighted by Gasteiger charge is -2.45. The molecule has 0 aliphatic carbocycles. The van der Waals surface area contributed by atoms with Crippen LogP contribution in [0.2, 0.25) is 0 Å². The van der Waals surface area contributed by atoms with Gasteiger partial charge in [-0.25, -0.2) is 4.98 Å². The highest BCUT2D eigenvalue weighted by atomic mass is 35.5. The first kappa shape index (κ1) is 33.4. The molecule has 0 spiro atoms. The minimum absolute atomic E-state index is 0.0103. The summed E-state index contributed by atoms with van der Waals surface area (Å²) in [7, 11) is 0. The van der Waals surface area contributed by atoms with Gasteiger partial charge in [0.15, 0.2) is 0 Å². The van der Waals surface area contributed by atoms with E-state index in [2.05, 4.69) is 22.2 Å². The van der Waals surface area contributed by atoms with E-state index in [1.54, 1.807) is 41.0 Å². The summed E-state index contributed by atoms with van der Waals surface area (Å²) in [5, 5.41) is 6.28. The van der Waals surface area contributed by atoms with Gasteiger partial charge in [0.2, 0.25) is 5.91 Å². The maximum absolute atomic E-state index is 13.6. The molecule has 1 atom stereocenters. The standard InChI is InChI=1S/C31H38ClF3N6O3/c1-5-21(7-6-20(2)32)8-9-37-28(43)24-13-23-12-22(15-39-11-10-36-25(16-39)31(33,34)35)14-38-27(23)41(29(24)44)17-26(42)40-18-30(3,4)19-40/h5-7,12-14,25,36H,1,8-11,15-19H2,2-4H3,(H,37,43). The first-order valence-corrected chi connectivity index (χ1v) is 14.8. The molecule has 13 heteroatoms. The molecule has 0 aromatic carbocycles. The number of allylic oxidation sites excluding steroid dienone is 4. The van der Waals surface area contributed by atoms with Crippen molar-refractivity contribution < 1.29 is 22.8 Å². The molecular formula is C31H38ClF3N6O3. The fraction of sp³-hybridized carbons (Fsp3) is 0.484. The zero-order valence-electron chi connectivity index (χ0n) is 25.1. The molecule has 238 valence electrons. The van der Waals surface area contributed by atoms with Crippen molar-refractivity contribution in [2.45, 2.75) is 52.5 Å². The van der Waals surface area contributed by atoms with Crippen LogP contribution in [-0.2, 0) is 17.9 Å². The van der Waals surface area contributed by atoms with Crippen molar-refractivity contribution in [1.82, 2.24) is 30.0 Å². The van der Waals surface area contributed by atoms with Crippen LogP contribution in [0.1, 0.15) is 43.1 Å². The summed E-state index contributed by atoms with van der Waals surface area (Å²) < 4.78 is 41.1. The number of carbonyl (C=O) groups is 2. The maximum atomic E-state index is 13.6. The molecule has 2 aromatic rings. The van der Waals surface area contributed by atoms with Crippen molar-refractivity contribution in [3.8, 4) is 0 Å². The lowest BCUT2D eigenvalue weighted by molar-refractivity contribution is -0.165. The topological polar surface area (TPSA) is 99.6 Å². The van der Waals surface area contributed by atoms with E-state index in [9.17, 15) is 27.6 Å². The van der Waals surface area contributed by atoms with Crippen LogP contribution in [0.15, 0.2) is 58.5 Å². The highest BCUT2D eigenvalue weighted by Crippen LogP contribution is 2.29. The lowest BCUT2D eigenvalue weighted by Crippen LogP contribution is -2.56. The number of hydrogen-bond acceptors (Lipinski definition) is 6. The molecule has 9 nitrogen and oxygen atoms in total. The first-order valence-electron chi connectivity index (χ1n) is 14.4. The van der Waals surface area contributed by atoms with E-state index in [1.807, 2.05) is 13.8 Å². The van der Waals surface area contributed by atoms with E-state index in [0.717, 1.165) is 5.57 Å². The molecule has 2 amide bonds. The number of alkyl halides is 3. The van der Waals surface area contributed by atoms with E-state index in [4.69, 9.17) is 11.6 Å². The molecule has 44 heavy (non-hydrogen) atoms. The van der Waals surface area contributed by atoms with Gasteiger partial charge in [-0.3, -0.25) is 23.9 Å². The average Bonchev–Trinajstić information content (AvgIpc) is 2.94. The second kappa shape index (κ2) is 13.7. The van der Waals surface area contributed by atoms with Crippen LogP contribution in [0.25, 0.3) is 11.0 Å². The Kier molecular flexibility index (Phi) is 10.4. The number of halogens is 4. The molecule has 0 saturated carbocycles. The van der Waals surface area contributed by atoms with E-state index in [0.29, 0.717) is 42.0 Å². The number of hydrogen-bond donors (Lipinski definition) is 2. The van der Waals surface area contributed by atoms with Crippen LogP contribution in [0.4, 0.5) is 13.2 Å². The molecule has 2 saturated heterocycles. The minimum atomic E-state index is -4.36. The molecular weight excluding hydrogens is 597 g/mol. The van der Waals surface area contributed by atoms with E-state index < -0.39 is 23.7 Å². The fourth-order valence-electron chi connectivity index (χ4n) is 5.43. The Morgan fingerprint density at radius 3 is 2.61 bits per heavy atom. The number of aromatic nitrogens is 2. The van der Waals surface area contributed by atoms with Gasteiger partial charge in [-0.1, -0.05) is 44.2 Å². The molecule has 4 rings (SSSR count). The zero-order valence-corrected chi connectivity index (χ0v) is 25.9. The maximum Gasteiger partial charge on any atom is 0.405 e. The normalized spacial score (nSPS) is 19.5. The van der Waals surface area contributed by atoms with Crippen LogP contribution in [-0.4, -0.2) is 82.7 Å². The van der Waals surface area contributed by atoms with Crippen molar-refractivity contribution in [3.63, 3.8) is 0 Å². The zero-order chi connectivity index (χ0) is 32.2. The van der Waals surface area contributed by atoms with Gasteiger partial charge >= 0.3 is 6.18 Å². The Labute approximate surface area is 259 Å². The summed E-state index contributed by atoms with van der Waals surface area (Å²) in [6.45, 7) is 11.2. The Bertz CT molecular complexity index is 1540. The van der Waals surface area contributed by atoms with Gasteiger partial charge in [0.25, 0.3) is 11.5 Å². The third kappa shape index (κ3) is 8.36. The molecule has 0 bridgehead atoms. The van der Waals surface area contributed by atoms with Crippen LogP contribution >= 0.6 is 11.6 Å². The largest absolute Gasteiger partial charge is 0.405 e. The summed E-state index contributed by atoms with van der Waals surface area (Å²) in [6, 6.07) is 1.50. The highest BCUT2D eigenvalue weighted by molar-refractivity contribution is 6.29. The molecule has 2 aromatic heterocycles. The average molecular weight is 635 g/mol. The van der Waals surface area contributed by atoms with Crippen LogP contribution < -0.4 is 16.2 Å². The Balaban J connectivity index is 1.61. The van der Waals surface area contributed by atoms with E-state index in [1.165, 1.54) is 16.8 Å². The molecule has 2 aliphatic rings. The number of carbonyl (C=O) groups excluding carboxylic acids is 2. The fourth-order valence-corrected chi connectivity index (χ4v) is 5.49. The van der Waals surface area contributed by atoms with Crippen molar-refractivity contribution in [2.24, 2.45) is 5.41 Å². The predicted octanol–water partition coefficient (Wildman–Crippen LogP) is 3.98. The summed E-state index contributed by atoms with van der Waals surface area (Å²) in [6.07, 6.45) is 2.73. The molecule has 2 N–H and O–H groups in total. The van der Waals surface area contributed by atoms with Crippen molar-refractivity contribution in [3.05, 3.63) is 75.2 Å². The van der Waals surface area contributed by atoms with Crippen molar-refractivity contribution in [2.75, 3.05) is 39.3 Å². The predicted molar refractivity (Wildman–Crippen MR) is 164 cm³/mol. The summed E-state index contributed by atoms with van der Waals surface area (Å²) >= 11 is 5.89. The van der Waals surface area contributed by atoms with Crippen LogP contribution in [0.5, 0.6) is 0 Å². The van der Waals surface area contributed by atoms with E-state index in [-0.39, 0.29) is 55.3 Å². The molecule has 2 aliphatic heterocycles. The molecule has 2 fully saturated rings. The number of amides is 2. The van der Waals surface area contributed by atoms with Gasteiger partial charge in [0.05, 0.1) is 0 Å². The molecule has 0 radical (unpaired) electrons. The van der Waals surface area contributed by atoms with Crippen LogP contribution in [0, 0.1) is 5.41 Å². The van der Waals surface area contributed by atoms with Gasteiger partial charge < -0.3 is 15.5 Å². The molecule has 1 unspecified atom stereocenters. The monoisotopic (exact) mass is 634 g/mol. The van der Waals surface area contributed by atoms with Crippen molar-refractivity contribution in [1.29, 1.82) is 0 Å². The Morgan fingerprint density at radius 2 is 1.98 bits per heavy atom. The number of nitrogens with one attached hydrogen (secondary N) is 2. The third-order valence-corrected chi connectivity index (χ3v) is 7.79. The summed E-state index contributed by atoms with van der Waals surface area (Å²) in [5.41, 5.74) is 0.850. The van der Waals surface area contributed by atoms with Gasteiger partial charge in [-0.2, -0.15) is 13.2 Å². The number of pyridine rings is 2. The second-order valence-corrected chi connectivity index (χ2v) is 12.7. The highest BCUT2D eigenvalue weighted by Gasteiger charge is 2.42. The number of likely N-dealkylation sites (tertiary alicyclic amines) is 1. The Hall–Kier alpha value is -3.48. The number of piperazine rings is 1. The summed E-state index contributed by atoms with van der Waals surface area (Å²) in [4.78, 5) is 47.7. The van der Waals surface area contributed by atoms with Crippen molar-refractivity contribution >= 4 is 34.4 Å². The number of rotatable bonds is 10. The van der Waals surface area contributed by atoms with Crippen LogP contribution in [0.3, 0.4) is 0 Å². The Morgan fingerprint density at radius 1 is 1.25 bits per heavy atom. The van der Waals surface area contributed by atoms with Gasteiger partial charge in [-0.05, 0) is 48.1 Å². The van der Waals surface area contributed by atoms with Gasteiger partial charge in [0, 0.05) is 62.4 Å². The quantitative estimate of drug-likeness (QED) is 0.384. The SMILES string of the molecule is C=CC(=CC=C(C)Cl)CCNC(=O)c1cc2cc(CN3CCNC(C(F)(F)F)C3)cnc2n(CC(=O)N2CC(C)(C)C2)c1=O. The smallest absolute Gasteiger partial charge is 0.352 e. The first-order chi connectivity index (χ1) is 20.7. The van der Waals surface area contributed by atoms with Gasteiger partial charge in [-0.15, -0.1) is 0 Å². The van der Waals surface area contributed by atoms with Gasteiger partial charge in [0.1, 0.15) is 23.8 Å². The summed E-state index contributed by atoms with van der Waals surface area (Å²) in [5.74, 6) is -0.880. The lowest BCUT2D eigenvalue weighted by atomic mass is 9.84. The number of fused-ring (bicyclic) bond motifs is 1. The molecule has 4 heterocycles. The van der Waals surface area contributed by atoms with E-state index >= 15 is 0 Å². The third-order valence-electron chi connectivity index (χ3n) is 7.66. The minimum Gasteiger partial charge on any atom is -0.352 e. The number of nitrogens with zero attached hydrogens (tertiary/aromatic N) is 4.